The van der Waals surface area contributed by atoms with E-state index in [1.807, 2.05) is 0 Å². The van der Waals surface area contributed by atoms with Crippen LogP contribution in [-0.4, -0.2) is 35.5 Å². The number of anilines is 1. The molecular formula is C17H16FN3O3. The number of benzene rings is 1. The van der Waals surface area contributed by atoms with E-state index in [4.69, 9.17) is 4.74 Å². The van der Waals surface area contributed by atoms with Crippen molar-refractivity contribution in [3.05, 3.63) is 54.1 Å². The second-order valence-electron chi connectivity index (χ2n) is 5.35. The largest absolute Gasteiger partial charge is 0.497 e. The second kappa shape index (κ2) is 6.66. The molecule has 1 aliphatic rings. The lowest BCUT2D eigenvalue weighted by atomic mass is 10.1. The maximum Gasteiger partial charge on any atom is 0.331 e. The van der Waals surface area contributed by atoms with Gasteiger partial charge in [0.05, 0.1) is 25.5 Å². The summed E-state index contributed by atoms with van der Waals surface area (Å²) in [4.78, 5) is 30.9. The maximum absolute atomic E-state index is 12.9. The number of hydrogen-bond acceptors (Lipinski definition) is 4. The van der Waals surface area contributed by atoms with Gasteiger partial charge >= 0.3 is 6.03 Å². The van der Waals surface area contributed by atoms with Crippen molar-refractivity contribution in [3.63, 3.8) is 0 Å². The summed E-state index contributed by atoms with van der Waals surface area (Å²) >= 11 is 0. The molecule has 1 aromatic heterocycles. The number of aromatic nitrogens is 1. The summed E-state index contributed by atoms with van der Waals surface area (Å²) in [5.74, 6) is -0.148. The van der Waals surface area contributed by atoms with Gasteiger partial charge in [0.2, 0.25) is 11.9 Å². The molecule has 0 unspecified atom stereocenters. The van der Waals surface area contributed by atoms with E-state index in [0.29, 0.717) is 11.4 Å². The number of urea groups is 1. The minimum atomic E-state index is -0.616. The molecule has 1 aliphatic heterocycles. The van der Waals surface area contributed by atoms with Gasteiger partial charge in [-0.25, -0.2) is 9.78 Å². The van der Waals surface area contributed by atoms with Crippen LogP contribution in [0.1, 0.15) is 12.0 Å². The molecule has 1 fully saturated rings. The van der Waals surface area contributed by atoms with Crippen molar-refractivity contribution in [2.24, 2.45) is 0 Å². The van der Waals surface area contributed by atoms with E-state index in [9.17, 15) is 14.0 Å². The van der Waals surface area contributed by atoms with Crippen molar-refractivity contribution in [1.29, 1.82) is 0 Å². The van der Waals surface area contributed by atoms with E-state index in [-0.39, 0.29) is 25.4 Å². The van der Waals surface area contributed by atoms with Gasteiger partial charge in [0.1, 0.15) is 5.75 Å². The molecule has 0 spiro atoms. The van der Waals surface area contributed by atoms with E-state index >= 15 is 0 Å². The van der Waals surface area contributed by atoms with Crippen molar-refractivity contribution >= 4 is 17.6 Å². The molecule has 7 heteroatoms. The van der Waals surface area contributed by atoms with Gasteiger partial charge in [-0.15, -0.1) is 0 Å². The summed E-state index contributed by atoms with van der Waals surface area (Å²) < 4.78 is 18.0. The molecule has 2 aromatic rings. The Labute approximate surface area is 138 Å². The predicted octanol–water partition coefficient (Wildman–Crippen LogP) is 2.59. The van der Waals surface area contributed by atoms with Crippen LogP contribution in [0.5, 0.6) is 5.75 Å². The third kappa shape index (κ3) is 3.19. The van der Waals surface area contributed by atoms with Crippen molar-refractivity contribution in [2.45, 2.75) is 13.0 Å². The molecular weight excluding hydrogens is 313 g/mol. The highest BCUT2D eigenvalue weighted by atomic mass is 19.1. The first-order valence-electron chi connectivity index (χ1n) is 7.45. The minimum absolute atomic E-state index is 0.173. The van der Waals surface area contributed by atoms with Crippen molar-refractivity contribution in [2.75, 3.05) is 18.6 Å². The number of rotatable bonds is 4. The fraction of sp³-hybridized carbons (Fsp3) is 0.235. The number of halogens is 1. The molecule has 3 rings (SSSR count). The highest BCUT2D eigenvalue weighted by Gasteiger charge is 2.32. The molecule has 0 bridgehead atoms. The zero-order valence-corrected chi connectivity index (χ0v) is 13.1. The highest BCUT2D eigenvalue weighted by molar-refractivity contribution is 6.05. The van der Waals surface area contributed by atoms with Crippen LogP contribution in [0.4, 0.5) is 14.9 Å². The first kappa shape index (κ1) is 15.9. The molecule has 1 saturated heterocycles. The Morgan fingerprint density at radius 1 is 1.17 bits per heavy atom. The molecule has 6 nitrogen and oxygen atoms in total. The van der Waals surface area contributed by atoms with E-state index in [0.717, 1.165) is 5.56 Å². The van der Waals surface area contributed by atoms with E-state index < -0.39 is 12.0 Å². The van der Waals surface area contributed by atoms with Crippen LogP contribution in [0.15, 0.2) is 42.6 Å². The van der Waals surface area contributed by atoms with Crippen LogP contribution >= 0.6 is 0 Å². The number of carbonyl (C=O) groups is 2. The number of amides is 3. The van der Waals surface area contributed by atoms with Gasteiger partial charge in [-0.1, -0.05) is 12.1 Å². The average Bonchev–Trinajstić information content (AvgIpc) is 2.60. The Bertz CT molecular complexity index is 747. The number of pyridine rings is 1. The summed E-state index contributed by atoms with van der Waals surface area (Å²) in [6, 6.07) is 9.38. The molecule has 124 valence electrons. The fourth-order valence-corrected chi connectivity index (χ4v) is 2.53. The molecule has 0 atom stereocenters. The molecule has 0 radical (unpaired) electrons. The van der Waals surface area contributed by atoms with E-state index in [1.54, 1.807) is 31.4 Å². The SMILES string of the molecule is COc1ccc(CN2C(=O)CCN(c3ccc(F)nc3)C2=O)cc1. The van der Waals surface area contributed by atoms with Gasteiger partial charge < -0.3 is 4.74 Å². The monoisotopic (exact) mass is 329 g/mol. The lowest BCUT2D eigenvalue weighted by molar-refractivity contribution is -0.129. The van der Waals surface area contributed by atoms with Gasteiger partial charge in [0.25, 0.3) is 0 Å². The standard InChI is InChI=1S/C17H16FN3O3/c1-24-14-5-2-12(3-6-14)11-21-16(22)8-9-20(17(21)23)13-4-7-15(18)19-10-13/h2-7,10H,8-9,11H2,1H3. The van der Waals surface area contributed by atoms with Crippen molar-refractivity contribution in [3.8, 4) is 5.75 Å². The van der Waals surface area contributed by atoms with Gasteiger partial charge in [-0.3, -0.25) is 14.6 Å². The molecule has 24 heavy (non-hydrogen) atoms. The number of methoxy groups -OCH3 is 1. The van der Waals surface area contributed by atoms with Crippen molar-refractivity contribution in [1.82, 2.24) is 9.88 Å². The highest BCUT2D eigenvalue weighted by Crippen LogP contribution is 2.22. The summed E-state index contributed by atoms with van der Waals surface area (Å²) in [5, 5.41) is 0. The maximum atomic E-state index is 12.9. The third-order valence-electron chi connectivity index (χ3n) is 3.84. The first-order chi connectivity index (χ1) is 11.6. The van der Waals surface area contributed by atoms with Crippen LogP contribution < -0.4 is 9.64 Å². The third-order valence-corrected chi connectivity index (χ3v) is 3.84. The predicted molar refractivity (Wildman–Crippen MR) is 85.1 cm³/mol. The Morgan fingerprint density at radius 3 is 2.54 bits per heavy atom. The van der Waals surface area contributed by atoms with Gasteiger partial charge in [-0.05, 0) is 29.8 Å². The smallest absolute Gasteiger partial charge is 0.331 e. The Morgan fingerprint density at radius 2 is 1.92 bits per heavy atom. The molecule has 2 heterocycles. The number of ether oxygens (including phenoxy) is 1. The van der Waals surface area contributed by atoms with Crippen LogP contribution in [0.3, 0.4) is 0 Å². The zero-order valence-electron chi connectivity index (χ0n) is 13.1. The molecule has 3 amide bonds. The van der Waals surface area contributed by atoms with Crippen LogP contribution in [0, 0.1) is 5.95 Å². The van der Waals surface area contributed by atoms with Crippen LogP contribution in [-0.2, 0) is 11.3 Å². The summed E-state index contributed by atoms with van der Waals surface area (Å²) in [6.07, 6.45) is 1.49. The molecule has 0 aliphatic carbocycles. The number of nitrogens with zero attached hydrogens (tertiary/aromatic N) is 3. The minimum Gasteiger partial charge on any atom is -0.497 e. The topological polar surface area (TPSA) is 62.7 Å². The Balaban J connectivity index is 1.79. The molecule has 1 aromatic carbocycles. The zero-order chi connectivity index (χ0) is 17.1. The second-order valence-corrected chi connectivity index (χ2v) is 5.35. The summed E-state index contributed by atoms with van der Waals surface area (Å²) in [6.45, 7) is 0.427. The molecule has 0 saturated carbocycles. The quantitative estimate of drug-likeness (QED) is 0.809. The van der Waals surface area contributed by atoms with Crippen LogP contribution in [0.2, 0.25) is 0 Å². The Hall–Kier alpha value is -2.96. The Kier molecular flexibility index (Phi) is 4.41. The first-order valence-corrected chi connectivity index (χ1v) is 7.45. The van der Waals surface area contributed by atoms with Gasteiger partial charge in [-0.2, -0.15) is 4.39 Å². The lowest BCUT2D eigenvalue weighted by Gasteiger charge is -2.34. The van der Waals surface area contributed by atoms with Crippen LogP contribution in [0.25, 0.3) is 0 Å². The van der Waals surface area contributed by atoms with Gasteiger partial charge in [0.15, 0.2) is 0 Å². The van der Waals surface area contributed by atoms with Gasteiger partial charge in [0, 0.05) is 13.0 Å². The average molecular weight is 329 g/mol. The van der Waals surface area contributed by atoms with E-state index in [2.05, 4.69) is 4.98 Å². The lowest BCUT2D eigenvalue weighted by Crippen LogP contribution is -2.52. The molecule has 0 N–H and O–H groups in total. The van der Waals surface area contributed by atoms with Crippen molar-refractivity contribution < 1.29 is 18.7 Å². The number of carbonyl (C=O) groups excluding carboxylic acids is 2. The number of imide groups is 1. The number of hydrogen-bond donors (Lipinski definition) is 0. The normalized spacial score (nSPS) is 14.9. The fourth-order valence-electron chi connectivity index (χ4n) is 2.53. The summed E-state index contributed by atoms with van der Waals surface area (Å²) in [5.41, 5.74) is 1.28. The summed E-state index contributed by atoms with van der Waals surface area (Å²) in [7, 11) is 1.57. The van der Waals surface area contributed by atoms with E-state index in [1.165, 1.54) is 28.1 Å².